The SMILES string of the molecule is COc1ccc(O[C@@H]2O[C@H](CO)[C@@H](O)[C@H](O)[C@H]2O)cc1. The van der Waals surface area contributed by atoms with Crippen LogP contribution >= 0.6 is 0 Å². The third-order valence-electron chi connectivity index (χ3n) is 3.16. The maximum atomic E-state index is 9.82. The lowest BCUT2D eigenvalue weighted by Gasteiger charge is -2.39. The van der Waals surface area contributed by atoms with Crippen molar-refractivity contribution in [2.45, 2.75) is 30.7 Å². The van der Waals surface area contributed by atoms with E-state index in [0.717, 1.165) is 0 Å². The lowest BCUT2D eigenvalue weighted by Crippen LogP contribution is -2.60. The Morgan fingerprint density at radius 2 is 1.60 bits per heavy atom. The molecule has 1 aliphatic heterocycles. The highest BCUT2D eigenvalue weighted by atomic mass is 16.7. The molecule has 7 heteroatoms. The number of methoxy groups -OCH3 is 1. The number of hydrogen-bond donors (Lipinski definition) is 4. The zero-order valence-electron chi connectivity index (χ0n) is 10.9. The second kappa shape index (κ2) is 6.38. The molecule has 0 saturated carbocycles. The average molecular weight is 286 g/mol. The van der Waals surface area contributed by atoms with E-state index in [1.807, 2.05) is 0 Å². The fraction of sp³-hybridized carbons (Fsp3) is 0.538. The van der Waals surface area contributed by atoms with Crippen molar-refractivity contribution in [1.29, 1.82) is 0 Å². The Kier molecular flexibility index (Phi) is 4.79. The van der Waals surface area contributed by atoms with E-state index in [9.17, 15) is 15.3 Å². The number of aliphatic hydroxyl groups is 4. The normalized spacial score (nSPS) is 33.8. The van der Waals surface area contributed by atoms with Gasteiger partial charge in [0.25, 0.3) is 0 Å². The van der Waals surface area contributed by atoms with Crippen LogP contribution < -0.4 is 9.47 Å². The van der Waals surface area contributed by atoms with E-state index < -0.39 is 37.3 Å². The number of aliphatic hydroxyl groups excluding tert-OH is 4. The molecule has 1 fully saturated rings. The molecule has 5 atom stereocenters. The van der Waals surface area contributed by atoms with E-state index in [4.69, 9.17) is 19.3 Å². The van der Waals surface area contributed by atoms with Gasteiger partial charge < -0.3 is 34.6 Å². The molecule has 0 unspecified atom stereocenters. The molecular weight excluding hydrogens is 268 g/mol. The van der Waals surface area contributed by atoms with E-state index in [-0.39, 0.29) is 0 Å². The molecule has 7 nitrogen and oxygen atoms in total. The van der Waals surface area contributed by atoms with Crippen molar-refractivity contribution in [3.05, 3.63) is 24.3 Å². The van der Waals surface area contributed by atoms with Crippen LogP contribution in [-0.2, 0) is 4.74 Å². The van der Waals surface area contributed by atoms with Crippen LogP contribution in [0.2, 0.25) is 0 Å². The van der Waals surface area contributed by atoms with Crippen LogP contribution in [0.25, 0.3) is 0 Å². The van der Waals surface area contributed by atoms with Gasteiger partial charge in [-0.25, -0.2) is 0 Å². The summed E-state index contributed by atoms with van der Waals surface area (Å²) in [5.74, 6) is 1.04. The third-order valence-corrected chi connectivity index (χ3v) is 3.16. The first kappa shape index (κ1) is 15.0. The highest BCUT2D eigenvalue weighted by Gasteiger charge is 2.44. The van der Waals surface area contributed by atoms with Crippen molar-refractivity contribution in [2.75, 3.05) is 13.7 Å². The fourth-order valence-electron chi connectivity index (χ4n) is 1.95. The average Bonchev–Trinajstić information content (AvgIpc) is 2.48. The van der Waals surface area contributed by atoms with Gasteiger partial charge in [0.05, 0.1) is 13.7 Å². The van der Waals surface area contributed by atoms with Crippen molar-refractivity contribution < 1.29 is 34.6 Å². The van der Waals surface area contributed by atoms with Crippen molar-refractivity contribution in [3.8, 4) is 11.5 Å². The zero-order chi connectivity index (χ0) is 14.7. The summed E-state index contributed by atoms with van der Waals surface area (Å²) in [6.45, 7) is -0.493. The summed E-state index contributed by atoms with van der Waals surface area (Å²) in [6.07, 6.45) is -6.44. The minimum atomic E-state index is -1.45. The molecule has 0 spiro atoms. The van der Waals surface area contributed by atoms with Crippen molar-refractivity contribution in [1.82, 2.24) is 0 Å². The van der Waals surface area contributed by atoms with Crippen LogP contribution in [-0.4, -0.2) is 64.8 Å². The first-order valence-electron chi connectivity index (χ1n) is 6.18. The minimum absolute atomic E-state index is 0.398. The van der Waals surface area contributed by atoms with Gasteiger partial charge in [-0.1, -0.05) is 0 Å². The highest BCUT2D eigenvalue weighted by Crippen LogP contribution is 2.25. The Balaban J connectivity index is 2.06. The zero-order valence-corrected chi connectivity index (χ0v) is 10.9. The molecule has 1 aliphatic rings. The largest absolute Gasteiger partial charge is 0.497 e. The summed E-state index contributed by atoms with van der Waals surface area (Å²) >= 11 is 0. The van der Waals surface area contributed by atoms with E-state index in [1.54, 1.807) is 24.3 Å². The minimum Gasteiger partial charge on any atom is -0.497 e. The molecule has 1 aromatic rings. The molecule has 0 radical (unpaired) electrons. The Hall–Kier alpha value is -1.38. The fourth-order valence-corrected chi connectivity index (χ4v) is 1.95. The molecule has 2 rings (SSSR count). The number of benzene rings is 1. The molecule has 4 N–H and O–H groups in total. The molecular formula is C13H18O7. The summed E-state index contributed by atoms with van der Waals surface area (Å²) in [6, 6.07) is 6.55. The molecule has 1 heterocycles. The Labute approximate surface area is 115 Å². The van der Waals surface area contributed by atoms with E-state index in [2.05, 4.69) is 0 Å². The Bertz CT molecular complexity index is 419. The van der Waals surface area contributed by atoms with Crippen LogP contribution in [0.1, 0.15) is 0 Å². The van der Waals surface area contributed by atoms with Gasteiger partial charge in [0.1, 0.15) is 35.9 Å². The van der Waals surface area contributed by atoms with Crippen LogP contribution in [0.5, 0.6) is 11.5 Å². The summed E-state index contributed by atoms with van der Waals surface area (Å²) < 4.78 is 15.6. The second-order valence-corrected chi connectivity index (χ2v) is 4.49. The standard InChI is InChI=1S/C13H18O7/c1-18-7-2-4-8(5-3-7)19-13-12(17)11(16)10(15)9(6-14)20-13/h2-5,9-17H,6H2,1H3/t9-,10-,11+,12-,13-/m1/s1. The topological polar surface area (TPSA) is 109 Å². The van der Waals surface area contributed by atoms with Crippen LogP contribution in [0.3, 0.4) is 0 Å². The van der Waals surface area contributed by atoms with Gasteiger partial charge in [-0.05, 0) is 24.3 Å². The lowest BCUT2D eigenvalue weighted by molar-refractivity contribution is -0.277. The molecule has 0 aromatic heterocycles. The van der Waals surface area contributed by atoms with Gasteiger partial charge >= 0.3 is 0 Å². The Morgan fingerprint density at radius 1 is 1.00 bits per heavy atom. The van der Waals surface area contributed by atoms with Crippen LogP contribution in [0.4, 0.5) is 0 Å². The molecule has 20 heavy (non-hydrogen) atoms. The molecule has 0 aliphatic carbocycles. The van der Waals surface area contributed by atoms with E-state index in [1.165, 1.54) is 7.11 Å². The third kappa shape index (κ3) is 3.02. The van der Waals surface area contributed by atoms with Gasteiger partial charge in [0, 0.05) is 0 Å². The monoisotopic (exact) mass is 286 g/mol. The number of hydrogen-bond acceptors (Lipinski definition) is 7. The molecule has 0 bridgehead atoms. The van der Waals surface area contributed by atoms with Crippen molar-refractivity contribution in [3.63, 3.8) is 0 Å². The van der Waals surface area contributed by atoms with Crippen LogP contribution in [0.15, 0.2) is 24.3 Å². The molecule has 0 amide bonds. The maximum Gasteiger partial charge on any atom is 0.229 e. The Morgan fingerprint density at radius 3 is 2.15 bits per heavy atom. The summed E-state index contributed by atoms with van der Waals surface area (Å²) in [7, 11) is 1.54. The van der Waals surface area contributed by atoms with Crippen molar-refractivity contribution >= 4 is 0 Å². The van der Waals surface area contributed by atoms with Gasteiger partial charge in [-0.3, -0.25) is 0 Å². The van der Waals surface area contributed by atoms with Crippen LogP contribution in [0, 0.1) is 0 Å². The lowest BCUT2D eigenvalue weighted by atomic mass is 9.99. The van der Waals surface area contributed by atoms with Gasteiger partial charge in [-0.2, -0.15) is 0 Å². The maximum absolute atomic E-state index is 9.82. The van der Waals surface area contributed by atoms with Gasteiger partial charge in [0.2, 0.25) is 6.29 Å². The number of ether oxygens (including phenoxy) is 3. The first-order chi connectivity index (χ1) is 9.56. The summed E-state index contributed by atoms with van der Waals surface area (Å²) in [5, 5.41) is 38.2. The van der Waals surface area contributed by atoms with E-state index in [0.29, 0.717) is 11.5 Å². The molecule has 1 saturated heterocycles. The summed E-state index contributed by atoms with van der Waals surface area (Å²) in [5.41, 5.74) is 0. The first-order valence-corrected chi connectivity index (χ1v) is 6.18. The second-order valence-electron chi connectivity index (χ2n) is 4.49. The number of rotatable bonds is 4. The quantitative estimate of drug-likeness (QED) is 0.555. The van der Waals surface area contributed by atoms with Gasteiger partial charge in [0.15, 0.2) is 0 Å². The predicted molar refractivity (Wildman–Crippen MR) is 67.4 cm³/mol. The highest BCUT2D eigenvalue weighted by molar-refractivity contribution is 5.31. The molecule has 1 aromatic carbocycles. The smallest absolute Gasteiger partial charge is 0.229 e. The van der Waals surface area contributed by atoms with Gasteiger partial charge in [-0.15, -0.1) is 0 Å². The predicted octanol–water partition coefficient (Wildman–Crippen LogP) is -1.13. The molecule has 112 valence electrons. The van der Waals surface area contributed by atoms with Crippen molar-refractivity contribution in [2.24, 2.45) is 0 Å². The van der Waals surface area contributed by atoms with E-state index >= 15 is 0 Å². The summed E-state index contributed by atoms with van der Waals surface area (Å²) in [4.78, 5) is 0.